The zero-order chi connectivity index (χ0) is 25.5. The predicted octanol–water partition coefficient (Wildman–Crippen LogP) is 12.3. The van der Waals surface area contributed by atoms with E-state index in [0.29, 0.717) is 6.61 Å². The van der Waals surface area contributed by atoms with Crippen LogP contribution in [0.4, 0.5) is 0 Å². The van der Waals surface area contributed by atoms with Gasteiger partial charge >= 0.3 is 0 Å². The van der Waals surface area contributed by atoms with E-state index in [4.69, 9.17) is 5.11 Å². The average molecular weight is 495 g/mol. The highest BCUT2D eigenvalue weighted by atomic mass is 16.2. The molecule has 0 saturated carbocycles. The van der Waals surface area contributed by atoms with Gasteiger partial charge in [0.2, 0.25) is 0 Å². The van der Waals surface area contributed by atoms with Gasteiger partial charge in [-0.2, -0.15) is 0 Å². The van der Waals surface area contributed by atoms with E-state index in [1.807, 2.05) is 0 Å². The monoisotopic (exact) mass is 495 g/mol. The first-order chi connectivity index (χ1) is 17.3. The molecule has 0 aromatic heterocycles. The van der Waals surface area contributed by atoms with Crippen LogP contribution in [0.25, 0.3) is 0 Å². The standard InChI is InChI=1S/C34H70O/c1-3-5-7-8-9-10-11-12-13-15-18-21-24-27-31-34(30-6-4-2)32-28-25-22-19-16-14-17-20-23-26-29-33-35/h34-35H,3-33H2,1-2H3. The van der Waals surface area contributed by atoms with Crippen LogP contribution < -0.4 is 0 Å². The minimum absolute atomic E-state index is 0.374. The van der Waals surface area contributed by atoms with Crippen LogP contribution in [0.15, 0.2) is 0 Å². The number of aliphatic hydroxyl groups is 1. The Bertz CT molecular complexity index is 352. The van der Waals surface area contributed by atoms with Crippen LogP contribution in [-0.2, 0) is 0 Å². The Labute approximate surface area is 224 Å². The van der Waals surface area contributed by atoms with Crippen molar-refractivity contribution < 1.29 is 5.11 Å². The molecule has 35 heavy (non-hydrogen) atoms. The lowest BCUT2D eigenvalue weighted by Crippen LogP contribution is -2.01. The molecule has 0 aromatic rings. The van der Waals surface area contributed by atoms with E-state index < -0.39 is 0 Å². The third-order valence-electron chi connectivity index (χ3n) is 8.20. The second-order valence-electron chi connectivity index (χ2n) is 11.8. The molecule has 0 saturated heterocycles. The van der Waals surface area contributed by atoms with Crippen molar-refractivity contribution >= 4 is 0 Å². The molecule has 0 radical (unpaired) electrons. The van der Waals surface area contributed by atoms with Crippen molar-refractivity contribution in [3.05, 3.63) is 0 Å². The van der Waals surface area contributed by atoms with Gasteiger partial charge in [-0.25, -0.2) is 0 Å². The number of hydrogen-bond donors (Lipinski definition) is 1. The lowest BCUT2D eigenvalue weighted by Gasteiger charge is -2.16. The lowest BCUT2D eigenvalue weighted by molar-refractivity contribution is 0.282. The van der Waals surface area contributed by atoms with Crippen molar-refractivity contribution in [2.24, 2.45) is 5.92 Å². The van der Waals surface area contributed by atoms with Crippen molar-refractivity contribution in [2.75, 3.05) is 6.61 Å². The largest absolute Gasteiger partial charge is 0.396 e. The van der Waals surface area contributed by atoms with Gasteiger partial charge < -0.3 is 5.11 Å². The number of unbranched alkanes of at least 4 members (excludes halogenated alkanes) is 24. The molecule has 0 rings (SSSR count). The van der Waals surface area contributed by atoms with Crippen molar-refractivity contribution in [3.8, 4) is 0 Å². The van der Waals surface area contributed by atoms with Crippen LogP contribution in [0, 0.1) is 5.92 Å². The van der Waals surface area contributed by atoms with Gasteiger partial charge in [0.05, 0.1) is 0 Å². The highest BCUT2D eigenvalue weighted by Crippen LogP contribution is 2.24. The highest BCUT2D eigenvalue weighted by Gasteiger charge is 2.08. The fourth-order valence-corrected chi connectivity index (χ4v) is 5.69. The fourth-order valence-electron chi connectivity index (χ4n) is 5.69. The molecule has 0 fully saturated rings. The highest BCUT2D eigenvalue weighted by molar-refractivity contribution is 4.61. The fraction of sp³-hybridized carbons (Fsp3) is 1.00. The second kappa shape index (κ2) is 32.0. The van der Waals surface area contributed by atoms with Crippen LogP contribution >= 0.6 is 0 Å². The lowest BCUT2D eigenvalue weighted by atomic mass is 9.90. The molecule has 1 atom stereocenters. The van der Waals surface area contributed by atoms with E-state index in [1.165, 1.54) is 186 Å². The summed E-state index contributed by atoms with van der Waals surface area (Å²) in [6.45, 7) is 5.04. The van der Waals surface area contributed by atoms with Crippen LogP contribution in [0.3, 0.4) is 0 Å². The molecule has 0 aliphatic carbocycles. The maximum absolute atomic E-state index is 8.82. The normalized spacial score (nSPS) is 12.4. The molecule has 1 N–H and O–H groups in total. The zero-order valence-electron chi connectivity index (χ0n) is 24.9. The molecule has 0 heterocycles. The Hall–Kier alpha value is -0.0400. The molecule has 1 unspecified atom stereocenters. The van der Waals surface area contributed by atoms with Crippen molar-refractivity contribution in [1.29, 1.82) is 0 Å². The SMILES string of the molecule is CCCCCCCCCCCCCCCCC(CCCC)CCCCCCCCCCCCCO. The summed E-state index contributed by atoms with van der Waals surface area (Å²) in [4.78, 5) is 0. The zero-order valence-corrected chi connectivity index (χ0v) is 24.9. The second-order valence-corrected chi connectivity index (χ2v) is 11.8. The Morgan fingerprint density at radius 3 is 0.886 bits per heavy atom. The quantitative estimate of drug-likeness (QED) is 0.0950. The summed E-state index contributed by atoms with van der Waals surface area (Å²) in [7, 11) is 0. The van der Waals surface area contributed by atoms with E-state index in [0.717, 1.165) is 12.3 Å². The smallest absolute Gasteiger partial charge is 0.0431 e. The summed E-state index contributed by atoms with van der Waals surface area (Å²) in [5, 5.41) is 8.82. The Kier molecular flexibility index (Phi) is 32.0. The van der Waals surface area contributed by atoms with E-state index in [2.05, 4.69) is 13.8 Å². The molecule has 0 aliphatic rings. The van der Waals surface area contributed by atoms with Gasteiger partial charge in [0, 0.05) is 6.61 Å². The van der Waals surface area contributed by atoms with Gasteiger partial charge in [0.25, 0.3) is 0 Å². The van der Waals surface area contributed by atoms with Crippen LogP contribution in [0.2, 0.25) is 0 Å². The first-order valence-corrected chi connectivity index (χ1v) is 17.0. The summed E-state index contributed by atoms with van der Waals surface area (Å²) in [6, 6.07) is 0. The molecule has 1 nitrogen and oxygen atoms in total. The average Bonchev–Trinajstić information content (AvgIpc) is 2.87. The van der Waals surface area contributed by atoms with Gasteiger partial charge in [-0.1, -0.05) is 200 Å². The van der Waals surface area contributed by atoms with Crippen LogP contribution in [0.5, 0.6) is 0 Å². The minimum atomic E-state index is 0.374. The van der Waals surface area contributed by atoms with Gasteiger partial charge in [-0.15, -0.1) is 0 Å². The molecular formula is C34H70O. The molecule has 0 aromatic carbocycles. The van der Waals surface area contributed by atoms with Crippen LogP contribution in [-0.4, -0.2) is 11.7 Å². The molecule has 1 heteroatoms. The third kappa shape index (κ3) is 30.1. The first kappa shape index (κ1) is 35.0. The molecule has 0 spiro atoms. The molecule has 212 valence electrons. The van der Waals surface area contributed by atoms with E-state index in [9.17, 15) is 0 Å². The Morgan fingerprint density at radius 2 is 0.571 bits per heavy atom. The molecule has 0 bridgehead atoms. The number of rotatable bonds is 31. The maximum Gasteiger partial charge on any atom is 0.0431 e. The summed E-state index contributed by atoms with van der Waals surface area (Å²) < 4.78 is 0. The third-order valence-corrected chi connectivity index (χ3v) is 8.20. The van der Waals surface area contributed by atoms with Crippen molar-refractivity contribution in [3.63, 3.8) is 0 Å². The number of aliphatic hydroxyl groups excluding tert-OH is 1. The van der Waals surface area contributed by atoms with E-state index in [1.54, 1.807) is 0 Å². The van der Waals surface area contributed by atoms with Gasteiger partial charge in [0.15, 0.2) is 0 Å². The summed E-state index contributed by atoms with van der Waals surface area (Å²) in [6.07, 6.45) is 43.0. The minimum Gasteiger partial charge on any atom is -0.396 e. The summed E-state index contributed by atoms with van der Waals surface area (Å²) in [5.41, 5.74) is 0. The summed E-state index contributed by atoms with van der Waals surface area (Å²) in [5.74, 6) is 1.02. The Balaban J connectivity index is 3.47. The maximum atomic E-state index is 8.82. The molecule has 0 aliphatic heterocycles. The van der Waals surface area contributed by atoms with Crippen LogP contribution in [0.1, 0.15) is 206 Å². The predicted molar refractivity (Wildman–Crippen MR) is 160 cm³/mol. The van der Waals surface area contributed by atoms with Crippen molar-refractivity contribution in [2.45, 2.75) is 206 Å². The molecule has 0 amide bonds. The number of hydrogen-bond acceptors (Lipinski definition) is 1. The molecular weight excluding hydrogens is 424 g/mol. The van der Waals surface area contributed by atoms with E-state index in [-0.39, 0.29) is 0 Å². The van der Waals surface area contributed by atoms with Gasteiger partial charge in [0.1, 0.15) is 0 Å². The first-order valence-electron chi connectivity index (χ1n) is 17.0. The van der Waals surface area contributed by atoms with Crippen molar-refractivity contribution in [1.82, 2.24) is 0 Å². The topological polar surface area (TPSA) is 20.2 Å². The summed E-state index contributed by atoms with van der Waals surface area (Å²) >= 11 is 0. The van der Waals surface area contributed by atoms with Gasteiger partial charge in [-0.05, 0) is 12.3 Å². The van der Waals surface area contributed by atoms with E-state index >= 15 is 0 Å². The van der Waals surface area contributed by atoms with Gasteiger partial charge in [-0.3, -0.25) is 0 Å². The Morgan fingerprint density at radius 1 is 0.314 bits per heavy atom.